The predicted molar refractivity (Wildman–Crippen MR) is 72.7 cm³/mol. The lowest BCUT2D eigenvalue weighted by Crippen LogP contribution is -2.18. The van der Waals surface area contributed by atoms with Crippen LogP contribution in [0, 0.1) is 0 Å². The molecule has 1 aromatic carbocycles. The van der Waals surface area contributed by atoms with Crippen molar-refractivity contribution in [3.05, 3.63) is 30.9 Å². The number of rotatable bonds is 3. The van der Waals surface area contributed by atoms with E-state index in [1.54, 1.807) is 6.07 Å². The molecule has 0 unspecified atom stereocenters. The van der Waals surface area contributed by atoms with Crippen LogP contribution in [0.4, 0.5) is 10.8 Å². The number of hydrogen-bond acceptors (Lipinski definition) is 6. The number of thiazole rings is 1. The quantitative estimate of drug-likeness (QED) is 0.697. The zero-order valence-corrected chi connectivity index (χ0v) is 10.6. The van der Waals surface area contributed by atoms with Crippen LogP contribution in [0.15, 0.2) is 30.9 Å². The van der Waals surface area contributed by atoms with Gasteiger partial charge in [-0.1, -0.05) is 11.3 Å². The number of nitrogens with zero attached hydrogens (tertiary/aromatic N) is 4. The summed E-state index contributed by atoms with van der Waals surface area (Å²) >= 11 is 1.38. The molecule has 19 heavy (non-hydrogen) atoms. The second-order valence-electron chi connectivity index (χ2n) is 3.89. The van der Waals surface area contributed by atoms with Crippen molar-refractivity contribution in [2.24, 2.45) is 0 Å². The van der Waals surface area contributed by atoms with Gasteiger partial charge < -0.3 is 11.1 Å². The van der Waals surface area contributed by atoms with Gasteiger partial charge in [-0.2, -0.15) is 5.10 Å². The highest BCUT2D eigenvalue weighted by atomic mass is 32.1. The summed E-state index contributed by atoms with van der Waals surface area (Å²) < 4.78 is 2.39. The van der Waals surface area contributed by atoms with Crippen molar-refractivity contribution in [1.29, 1.82) is 0 Å². The molecule has 1 amide bonds. The Bertz CT molecular complexity index is 720. The normalized spacial score (nSPS) is 10.7. The minimum Gasteiger partial charge on any atom is -0.399 e. The van der Waals surface area contributed by atoms with E-state index in [9.17, 15) is 4.79 Å². The molecule has 0 radical (unpaired) electrons. The zero-order valence-electron chi connectivity index (χ0n) is 9.78. The van der Waals surface area contributed by atoms with E-state index in [2.05, 4.69) is 20.4 Å². The molecule has 96 valence electrons. The van der Waals surface area contributed by atoms with E-state index >= 15 is 0 Å². The van der Waals surface area contributed by atoms with E-state index < -0.39 is 0 Å². The van der Waals surface area contributed by atoms with Crippen molar-refractivity contribution >= 4 is 38.3 Å². The van der Waals surface area contributed by atoms with Gasteiger partial charge in [-0.3, -0.25) is 4.79 Å². The first kappa shape index (κ1) is 11.6. The van der Waals surface area contributed by atoms with Crippen LogP contribution >= 0.6 is 11.3 Å². The highest BCUT2D eigenvalue weighted by Gasteiger charge is 2.08. The Hall–Kier alpha value is -2.48. The van der Waals surface area contributed by atoms with Crippen LogP contribution in [-0.4, -0.2) is 25.7 Å². The number of amides is 1. The predicted octanol–water partition coefficient (Wildman–Crippen LogP) is 1.11. The van der Waals surface area contributed by atoms with Crippen LogP contribution in [0.5, 0.6) is 0 Å². The van der Waals surface area contributed by atoms with Crippen molar-refractivity contribution in [2.45, 2.75) is 6.54 Å². The molecule has 2 heterocycles. The highest BCUT2D eigenvalue weighted by molar-refractivity contribution is 7.22. The van der Waals surface area contributed by atoms with Crippen molar-refractivity contribution < 1.29 is 4.79 Å². The fourth-order valence-corrected chi connectivity index (χ4v) is 2.55. The van der Waals surface area contributed by atoms with Gasteiger partial charge in [0.2, 0.25) is 5.91 Å². The minimum absolute atomic E-state index is 0.109. The first-order valence-corrected chi connectivity index (χ1v) is 6.31. The number of carbonyl (C=O) groups excluding carboxylic acids is 1. The van der Waals surface area contributed by atoms with Crippen molar-refractivity contribution in [3.63, 3.8) is 0 Å². The molecule has 0 atom stereocenters. The molecule has 0 saturated heterocycles. The fourth-order valence-electron chi connectivity index (χ4n) is 1.61. The molecular weight excluding hydrogens is 264 g/mol. The summed E-state index contributed by atoms with van der Waals surface area (Å²) in [7, 11) is 0. The number of nitrogens with two attached hydrogens (primary N) is 1. The van der Waals surface area contributed by atoms with Gasteiger partial charge >= 0.3 is 0 Å². The van der Waals surface area contributed by atoms with E-state index in [4.69, 9.17) is 5.73 Å². The number of carbonyl (C=O) groups is 1. The molecule has 0 aliphatic heterocycles. The maximum absolute atomic E-state index is 11.8. The molecule has 8 heteroatoms. The van der Waals surface area contributed by atoms with E-state index in [0.29, 0.717) is 10.8 Å². The Morgan fingerprint density at radius 1 is 1.47 bits per heavy atom. The molecule has 0 bridgehead atoms. The molecule has 0 fully saturated rings. The Morgan fingerprint density at radius 2 is 2.37 bits per heavy atom. The Morgan fingerprint density at radius 3 is 3.16 bits per heavy atom. The SMILES string of the molecule is Nc1ccc2nc(NC(=O)Cn3cncn3)sc2c1. The third kappa shape index (κ3) is 2.52. The van der Waals surface area contributed by atoms with E-state index in [1.807, 2.05) is 12.1 Å². The van der Waals surface area contributed by atoms with Crippen LogP contribution in [0.3, 0.4) is 0 Å². The largest absolute Gasteiger partial charge is 0.399 e. The Balaban J connectivity index is 1.76. The lowest BCUT2D eigenvalue weighted by atomic mass is 10.3. The third-order valence-corrected chi connectivity index (χ3v) is 3.36. The van der Waals surface area contributed by atoms with Gasteiger partial charge in [0.1, 0.15) is 19.2 Å². The van der Waals surface area contributed by atoms with Gasteiger partial charge in [-0.15, -0.1) is 0 Å². The summed E-state index contributed by atoms with van der Waals surface area (Å²) in [5, 5.41) is 7.14. The average Bonchev–Trinajstić information content (AvgIpc) is 2.97. The fraction of sp³-hybridized carbons (Fsp3) is 0.0909. The van der Waals surface area contributed by atoms with E-state index in [0.717, 1.165) is 10.2 Å². The van der Waals surface area contributed by atoms with Gasteiger partial charge in [-0.25, -0.2) is 14.6 Å². The number of hydrogen-bond donors (Lipinski definition) is 2. The molecule has 3 aromatic rings. The smallest absolute Gasteiger partial charge is 0.247 e. The molecule has 0 aliphatic carbocycles. The van der Waals surface area contributed by atoms with E-state index in [-0.39, 0.29) is 12.5 Å². The van der Waals surface area contributed by atoms with Crippen molar-refractivity contribution in [2.75, 3.05) is 11.1 Å². The van der Waals surface area contributed by atoms with Gasteiger partial charge in [-0.05, 0) is 18.2 Å². The van der Waals surface area contributed by atoms with Gasteiger partial charge in [0, 0.05) is 5.69 Å². The Kier molecular flexibility index (Phi) is 2.84. The monoisotopic (exact) mass is 274 g/mol. The van der Waals surface area contributed by atoms with Crippen molar-refractivity contribution in [3.8, 4) is 0 Å². The first-order chi connectivity index (χ1) is 9.20. The highest BCUT2D eigenvalue weighted by Crippen LogP contribution is 2.27. The Labute approximate surface area is 112 Å². The second kappa shape index (κ2) is 4.65. The van der Waals surface area contributed by atoms with E-state index in [1.165, 1.54) is 28.7 Å². The van der Waals surface area contributed by atoms with Crippen LogP contribution in [0.25, 0.3) is 10.2 Å². The zero-order chi connectivity index (χ0) is 13.2. The molecule has 0 spiro atoms. The number of anilines is 2. The van der Waals surface area contributed by atoms with Gasteiger partial charge in [0.05, 0.1) is 10.2 Å². The number of fused-ring (bicyclic) bond motifs is 1. The summed E-state index contributed by atoms with van der Waals surface area (Å²) in [6, 6.07) is 5.44. The standard InChI is InChI=1S/C11H10N6OS/c12-7-1-2-8-9(3-7)19-11(15-8)16-10(18)4-17-6-13-5-14-17/h1-3,5-6H,4,12H2,(H,15,16,18). The van der Waals surface area contributed by atoms with Crippen LogP contribution < -0.4 is 11.1 Å². The summed E-state index contributed by atoms with van der Waals surface area (Å²) in [5.41, 5.74) is 7.19. The molecule has 0 aliphatic rings. The molecular formula is C11H10N6OS. The first-order valence-electron chi connectivity index (χ1n) is 5.49. The molecule has 3 rings (SSSR count). The number of nitrogens with one attached hydrogen (secondary N) is 1. The van der Waals surface area contributed by atoms with Crippen LogP contribution in [-0.2, 0) is 11.3 Å². The lowest BCUT2D eigenvalue weighted by molar-refractivity contribution is -0.116. The number of nitrogen functional groups attached to an aromatic ring is 1. The average molecular weight is 274 g/mol. The topological polar surface area (TPSA) is 98.7 Å². The van der Waals surface area contributed by atoms with Crippen LogP contribution in [0.1, 0.15) is 0 Å². The number of benzene rings is 1. The van der Waals surface area contributed by atoms with Gasteiger partial charge in [0.15, 0.2) is 5.13 Å². The summed E-state index contributed by atoms with van der Waals surface area (Å²) in [6.45, 7) is 0.109. The molecule has 0 saturated carbocycles. The lowest BCUT2D eigenvalue weighted by Gasteiger charge is -2.00. The minimum atomic E-state index is -0.197. The summed E-state index contributed by atoms with van der Waals surface area (Å²) in [4.78, 5) is 19.8. The molecule has 7 nitrogen and oxygen atoms in total. The van der Waals surface area contributed by atoms with Crippen LogP contribution in [0.2, 0.25) is 0 Å². The molecule has 2 aromatic heterocycles. The molecule has 3 N–H and O–H groups in total. The second-order valence-corrected chi connectivity index (χ2v) is 4.92. The summed E-state index contributed by atoms with van der Waals surface area (Å²) in [6.07, 6.45) is 2.87. The number of aromatic nitrogens is 4. The summed E-state index contributed by atoms with van der Waals surface area (Å²) in [5.74, 6) is -0.197. The maximum atomic E-state index is 11.8. The van der Waals surface area contributed by atoms with Gasteiger partial charge in [0.25, 0.3) is 0 Å². The maximum Gasteiger partial charge on any atom is 0.247 e. The third-order valence-electron chi connectivity index (χ3n) is 2.43. The van der Waals surface area contributed by atoms with Crippen molar-refractivity contribution in [1.82, 2.24) is 19.7 Å².